The first-order valence-electron chi connectivity index (χ1n) is 9.29. The maximum atomic E-state index is 13.9. The zero-order valence-electron chi connectivity index (χ0n) is 15.2. The third-order valence-electron chi connectivity index (χ3n) is 4.84. The quantitative estimate of drug-likeness (QED) is 0.552. The monoisotopic (exact) mass is 400 g/mol. The highest BCUT2D eigenvalue weighted by molar-refractivity contribution is 6.30. The zero-order valence-corrected chi connectivity index (χ0v) is 16.8. The molecule has 2 aromatic rings. The molecule has 3 nitrogen and oxygen atoms in total. The summed E-state index contributed by atoms with van der Waals surface area (Å²) in [5.41, 5.74) is 1.51. The van der Waals surface area contributed by atoms with E-state index in [-0.39, 0.29) is 24.8 Å². The van der Waals surface area contributed by atoms with Crippen molar-refractivity contribution in [2.24, 2.45) is 5.92 Å². The predicted molar refractivity (Wildman–Crippen MR) is 106 cm³/mol. The highest BCUT2D eigenvalue weighted by atomic mass is 35.5. The van der Waals surface area contributed by atoms with Crippen LogP contribution in [0.5, 0.6) is 5.88 Å². The van der Waals surface area contributed by atoms with E-state index in [1.54, 1.807) is 12.1 Å². The van der Waals surface area contributed by atoms with Gasteiger partial charge in [-0.3, -0.25) is 0 Å². The molecule has 3 rings (SSSR count). The van der Waals surface area contributed by atoms with Crippen LogP contribution in [0.3, 0.4) is 0 Å². The molecule has 0 saturated heterocycles. The smallest absolute Gasteiger partial charge is 0.212 e. The molecule has 0 radical (unpaired) electrons. The zero-order chi connectivity index (χ0) is 17.6. The van der Waals surface area contributed by atoms with E-state index in [0.717, 1.165) is 31.0 Å². The summed E-state index contributed by atoms with van der Waals surface area (Å²) >= 11 is 5.96. The van der Waals surface area contributed by atoms with Gasteiger partial charge in [-0.05, 0) is 43.4 Å². The Kier molecular flexibility index (Phi) is 8.23. The van der Waals surface area contributed by atoms with Gasteiger partial charge in [0.2, 0.25) is 5.88 Å². The molecule has 144 valence electrons. The Bertz CT molecular complexity index is 699. The summed E-state index contributed by atoms with van der Waals surface area (Å²) in [4.78, 5) is 0. The van der Waals surface area contributed by atoms with Crippen molar-refractivity contribution in [3.63, 3.8) is 0 Å². The van der Waals surface area contributed by atoms with Crippen molar-refractivity contribution in [2.75, 3.05) is 0 Å². The molecule has 0 unspecified atom stereocenters. The molecule has 0 atom stereocenters. The number of rotatable bonds is 7. The van der Waals surface area contributed by atoms with E-state index in [9.17, 15) is 4.39 Å². The molecule has 1 aromatic carbocycles. The largest absolute Gasteiger partial charge is 0.473 e. The second kappa shape index (κ2) is 10.2. The Labute approximate surface area is 166 Å². The fraction of sp³-hybridized carbons (Fsp3) is 0.550. The molecule has 0 bridgehead atoms. The molecule has 1 fully saturated rings. The summed E-state index contributed by atoms with van der Waals surface area (Å²) in [6, 6.07) is 6.54. The summed E-state index contributed by atoms with van der Waals surface area (Å²) in [5.74, 6) is 1.10. The number of hydrogen-bond acceptors (Lipinski definition) is 2. The van der Waals surface area contributed by atoms with Crippen molar-refractivity contribution in [1.82, 2.24) is 9.78 Å². The van der Waals surface area contributed by atoms with Gasteiger partial charge < -0.3 is 4.74 Å². The van der Waals surface area contributed by atoms with Crippen LogP contribution in [0.1, 0.15) is 56.7 Å². The molecule has 26 heavy (non-hydrogen) atoms. The van der Waals surface area contributed by atoms with Crippen molar-refractivity contribution in [3.8, 4) is 5.88 Å². The van der Waals surface area contributed by atoms with Crippen molar-refractivity contribution in [1.29, 1.82) is 0 Å². The molecule has 1 heterocycles. The average Bonchev–Trinajstić information content (AvgIpc) is 2.98. The van der Waals surface area contributed by atoms with Crippen LogP contribution in [-0.2, 0) is 19.6 Å². The van der Waals surface area contributed by atoms with Crippen LogP contribution >= 0.6 is 24.0 Å². The minimum atomic E-state index is -0.295. The molecular formula is C20H27Cl2FN2O. The standard InChI is InChI=1S/C20H26ClFN2O.ClH/c1-2-6-18-12-20(24(23-18)13-15-7-4-3-5-8-15)25-14-16-11-17(21)9-10-19(16)22;/h9-12,15H,2-8,13-14H2,1H3;1H. The van der Waals surface area contributed by atoms with E-state index in [0.29, 0.717) is 16.5 Å². The van der Waals surface area contributed by atoms with Gasteiger partial charge in [0.05, 0.1) is 5.69 Å². The van der Waals surface area contributed by atoms with Gasteiger partial charge in [0.1, 0.15) is 12.4 Å². The lowest BCUT2D eigenvalue weighted by atomic mass is 9.89. The number of aryl methyl sites for hydroxylation is 1. The van der Waals surface area contributed by atoms with Crippen LogP contribution in [0.15, 0.2) is 24.3 Å². The van der Waals surface area contributed by atoms with E-state index in [2.05, 4.69) is 6.92 Å². The van der Waals surface area contributed by atoms with E-state index in [1.807, 2.05) is 10.7 Å². The summed E-state index contributed by atoms with van der Waals surface area (Å²) in [7, 11) is 0. The predicted octanol–water partition coefficient (Wildman–Crippen LogP) is 6.21. The van der Waals surface area contributed by atoms with Crippen molar-refractivity contribution < 1.29 is 9.13 Å². The highest BCUT2D eigenvalue weighted by Gasteiger charge is 2.18. The average molecular weight is 401 g/mol. The summed E-state index contributed by atoms with van der Waals surface area (Å²) < 4.78 is 21.8. The summed E-state index contributed by atoms with van der Waals surface area (Å²) in [5, 5.41) is 5.23. The topological polar surface area (TPSA) is 27.1 Å². The number of ether oxygens (including phenoxy) is 1. The second-order valence-electron chi connectivity index (χ2n) is 6.93. The van der Waals surface area contributed by atoms with Crippen LogP contribution < -0.4 is 4.74 Å². The van der Waals surface area contributed by atoms with E-state index < -0.39 is 0 Å². The molecule has 1 aliphatic rings. The van der Waals surface area contributed by atoms with Crippen molar-refractivity contribution in [3.05, 3.63) is 46.4 Å². The molecule has 1 aliphatic carbocycles. The first kappa shape index (κ1) is 21.0. The first-order valence-corrected chi connectivity index (χ1v) is 9.67. The van der Waals surface area contributed by atoms with Gasteiger partial charge in [-0.1, -0.05) is 44.2 Å². The van der Waals surface area contributed by atoms with Crippen LogP contribution in [0.4, 0.5) is 4.39 Å². The Morgan fingerprint density at radius 1 is 1.23 bits per heavy atom. The van der Waals surface area contributed by atoms with Gasteiger partial charge in [-0.2, -0.15) is 5.10 Å². The summed E-state index contributed by atoms with van der Waals surface area (Å²) in [6.07, 6.45) is 8.43. The number of nitrogens with zero attached hydrogens (tertiary/aromatic N) is 2. The minimum absolute atomic E-state index is 0. The molecule has 1 saturated carbocycles. The molecular weight excluding hydrogens is 374 g/mol. The van der Waals surface area contributed by atoms with Gasteiger partial charge in [0, 0.05) is 23.2 Å². The summed E-state index contributed by atoms with van der Waals surface area (Å²) in [6.45, 7) is 3.19. The second-order valence-corrected chi connectivity index (χ2v) is 7.37. The van der Waals surface area contributed by atoms with Crippen molar-refractivity contribution >= 4 is 24.0 Å². The maximum Gasteiger partial charge on any atom is 0.212 e. The Morgan fingerprint density at radius 3 is 2.73 bits per heavy atom. The van der Waals surface area contributed by atoms with Crippen LogP contribution in [0.25, 0.3) is 0 Å². The normalized spacial score (nSPS) is 14.9. The lowest BCUT2D eigenvalue weighted by Crippen LogP contribution is -2.16. The van der Waals surface area contributed by atoms with E-state index in [1.165, 1.54) is 38.2 Å². The number of hydrogen-bond donors (Lipinski definition) is 0. The molecule has 0 aliphatic heterocycles. The van der Waals surface area contributed by atoms with E-state index in [4.69, 9.17) is 21.4 Å². The third-order valence-corrected chi connectivity index (χ3v) is 5.07. The minimum Gasteiger partial charge on any atom is -0.473 e. The number of aromatic nitrogens is 2. The molecule has 0 spiro atoms. The Balaban J connectivity index is 0.00000243. The highest BCUT2D eigenvalue weighted by Crippen LogP contribution is 2.27. The van der Waals surface area contributed by atoms with Crippen molar-refractivity contribution in [2.45, 2.75) is 65.0 Å². The van der Waals surface area contributed by atoms with Crippen LogP contribution in [-0.4, -0.2) is 9.78 Å². The molecule has 0 amide bonds. The van der Waals surface area contributed by atoms with E-state index >= 15 is 0 Å². The first-order chi connectivity index (χ1) is 12.2. The third kappa shape index (κ3) is 5.62. The molecule has 0 N–H and O–H groups in total. The van der Waals surface area contributed by atoms with Crippen LogP contribution in [0, 0.1) is 11.7 Å². The van der Waals surface area contributed by atoms with Gasteiger partial charge >= 0.3 is 0 Å². The fourth-order valence-corrected chi connectivity index (χ4v) is 3.69. The molecule has 1 aromatic heterocycles. The van der Waals surface area contributed by atoms with Crippen LogP contribution in [0.2, 0.25) is 5.02 Å². The SMILES string of the molecule is CCCc1cc(OCc2cc(Cl)ccc2F)n(CC2CCCCC2)n1.Cl. The maximum absolute atomic E-state index is 13.9. The number of halogens is 3. The fourth-order valence-electron chi connectivity index (χ4n) is 3.50. The molecule has 6 heteroatoms. The Hall–Kier alpha value is -1.26. The Morgan fingerprint density at radius 2 is 2.00 bits per heavy atom. The lowest BCUT2D eigenvalue weighted by molar-refractivity contribution is 0.242. The van der Waals surface area contributed by atoms with Gasteiger partial charge in [0.15, 0.2) is 0 Å². The van der Waals surface area contributed by atoms with Gasteiger partial charge in [-0.15, -0.1) is 12.4 Å². The lowest BCUT2D eigenvalue weighted by Gasteiger charge is -2.22. The van der Waals surface area contributed by atoms with Gasteiger partial charge in [-0.25, -0.2) is 9.07 Å². The number of benzene rings is 1. The van der Waals surface area contributed by atoms with Gasteiger partial charge in [0.25, 0.3) is 0 Å².